The summed E-state index contributed by atoms with van der Waals surface area (Å²) < 4.78 is 6.25. The van der Waals surface area contributed by atoms with Crippen LogP contribution in [0, 0.1) is 6.92 Å². The molecule has 2 rings (SSSR count). The number of nitrogens with one attached hydrogen (secondary N) is 1. The molecular formula is C16H28N2OS. The SMILES string of the molecule is CCOC1(c2nc(C)c(C(C)NC)s2)CCCCCC1. The van der Waals surface area contributed by atoms with Crippen molar-refractivity contribution in [1.82, 2.24) is 10.3 Å². The summed E-state index contributed by atoms with van der Waals surface area (Å²) in [6.45, 7) is 7.20. The number of aromatic nitrogens is 1. The molecule has 0 saturated heterocycles. The summed E-state index contributed by atoms with van der Waals surface area (Å²) in [5.74, 6) is 0. The zero-order valence-corrected chi connectivity index (χ0v) is 14.1. The molecule has 1 saturated carbocycles. The van der Waals surface area contributed by atoms with Gasteiger partial charge in [0.25, 0.3) is 0 Å². The molecule has 1 heterocycles. The Morgan fingerprint density at radius 1 is 1.30 bits per heavy atom. The van der Waals surface area contributed by atoms with E-state index in [-0.39, 0.29) is 5.60 Å². The summed E-state index contributed by atoms with van der Waals surface area (Å²) in [6, 6.07) is 0.366. The highest BCUT2D eigenvalue weighted by atomic mass is 32.1. The van der Waals surface area contributed by atoms with Crippen molar-refractivity contribution in [3.63, 3.8) is 0 Å². The molecule has 1 fully saturated rings. The Kier molecular flexibility index (Phi) is 5.58. The Hall–Kier alpha value is -0.450. The smallest absolute Gasteiger partial charge is 0.125 e. The first kappa shape index (κ1) is 15.9. The third kappa shape index (κ3) is 3.23. The van der Waals surface area contributed by atoms with Gasteiger partial charge in [-0.2, -0.15) is 0 Å². The lowest BCUT2D eigenvalue weighted by molar-refractivity contribution is -0.0560. The minimum Gasteiger partial charge on any atom is -0.368 e. The van der Waals surface area contributed by atoms with Gasteiger partial charge in [0.15, 0.2) is 0 Å². The molecule has 1 aromatic heterocycles. The predicted molar refractivity (Wildman–Crippen MR) is 85.3 cm³/mol. The maximum absolute atomic E-state index is 6.25. The Morgan fingerprint density at radius 2 is 1.95 bits per heavy atom. The summed E-state index contributed by atoms with van der Waals surface area (Å²) in [5, 5.41) is 4.53. The van der Waals surface area contributed by atoms with Crippen LogP contribution >= 0.6 is 11.3 Å². The highest BCUT2D eigenvalue weighted by Crippen LogP contribution is 2.42. The number of hydrogen-bond acceptors (Lipinski definition) is 4. The molecule has 20 heavy (non-hydrogen) atoms. The Balaban J connectivity index is 2.33. The molecule has 0 bridgehead atoms. The van der Waals surface area contributed by atoms with Crippen LogP contribution in [-0.4, -0.2) is 18.6 Å². The van der Waals surface area contributed by atoms with Crippen molar-refractivity contribution in [2.75, 3.05) is 13.7 Å². The van der Waals surface area contributed by atoms with E-state index < -0.39 is 0 Å². The van der Waals surface area contributed by atoms with E-state index in [0.717, 1.165) is 25.1 Å². The van der Waals surface area contributed by atoms with Gasteiger partial charge >= 0.3 is 0 Å². The van der Waals surface area contributed by atoms with E-state index in [2.05, 4.69) is 26.1 Å². The van der Waals surface area contributed by atoms with Gasteiger partial charge in [-0.05, 0) is 40.7 Å². The summed E-state index contributed by atoms with van der Waals surface area (Å²) in [7, 11) is 2.01. The van der Waals surface area contributed by atoms with Crippen LogP contribution in [0.1, 0.15) is 74.0 Å². The molecule has 0 radical (unpaired) electrons. The third-order valence-electron chi connectivity index (χ3n) is 4.38. The third-order valence-corrected chi connectivity index (χ3v) is 5.91. The first-order chi connectivity index (χ1) is 9.63. The van der Waals surface area contributed by atoms with E-state index in [1.807, 2.05) is 18.4 Å². The first-order valence-corrected chi connectivity index (χ1v) is 8.73. The molecule has 1 atom stereocenters. The molecule has 3 nitrogen and oxygen atoms in total. The molecule has 0 spiro atoms. The highest BCUT2D eigenvalue weighted by molar-refractivity contribution is 7.12. The molecule has 0 aliphatic heterocycles. The fourth-order valence-corrected chi connectivity index (χ4v) is 4.46. The van der Waals surface area contributed by atoms with Crippen LogP contribution in [0.25, 0.3) is 0 Å². The molecule has 114 valence electrons. The fourth-order valence-electron chi connectivity index (χ4n) is 3.13. The van der Waals surface area contributed by atoms with E-state index in [1.54, 1.807) is 0 Å². The Bertz CT molecular complexity index is 422. The van der Waals surface area contributed by atoms with Crippen molar-refractivity contribution in [3.8, 4) is 0 Å². The Morgan fingerprint density at radius 3 is 2.50 bits per heavy atom. The molecule has 1 aliphatic rings. The van der Waals surface area contributed by atoms with Gasteiger partial charge in [0.05, 0.1) is 5.69 Å². The maximum atomic E-state index is 6.25. The fraction of sp³-hybridized carbons (Fsp3) is 0.812. The molecule has 1 aliphatic carbocycles. The van der Waals surface area contributed by atoms with E-state index in [1.165, 1.54) is 35.6 Å². The van der Waals surface area contributed by atoms with Crippen LogP contribution in [0.4, 0.5) is 0 Å². The zero-order chi connectivity index (χ0) is 14.6. The second kappa shape index (κ2) is 7.01. The van der Waals surface area contributed by atoms with Gasteiger partial charge in [0, 0.05) is 17.5 Å². The van der Waals surface area contributed by atoms with Crippen molar-refractivity contribution in [2.45, 2.75) is 70.9 Å². The number of hydrogen-bond donors (Lipinski definition) is 1. The van der Waals surface area contributed by atoms with Crippen molar-refractivity contribution >= 4 is 11.3 Å². The monoisotopic (exact) mass is 296 g/mol. The van der Waals surface area contributed by atoms with Crippen LogP contribution in [0.2, 0.25) is 0 Å². The van der Waals surface area contributed by atoms with Crippen LogP contribution in [0.3, 0.4) is 0 Å². The van der Waals surface area contributed by atoms with E-state index in [9.17, 15) is 0 Å². The number of nitrogens with zero attached hydrogens (tertiary/aromatic N) is 1. The highest BCUT2D eigenvalue weighted by Gasteiger charge is 2.37. The molecule has 0 amide bonds. The second-order valence-corrected chi connectivity index (χ2v) is 6.85. The maximum Gasteiger partial charge on any atom is 0.125 e. The molecule has 1 N–H and O–H groups in total. The molecule has 4 heteroatoms. The van der Waals surface area contributed by atoms with Gasteiger partial charge in [-0.25, -0.2) is 4.98 Å². The van der Waals surface area contributed by atoms with E-state index >= 15 is 0 Å². The largest absolute Gasteiger partial charge is 0.368 e. The average Bonchev–Trinajstić information content (AvgIpc) is 2.69. The van der Waals surface area contributed by atoms with Crippen LogP contribution in [-0.2, 0) is 10.3 Å². The lowest BCUT2D eigenvalue weighted by Gasteiger charge is -2.30. The number of thiazole rings is 1. The molecule has 0 aromatic carbocycles. The topological polar surface area (TPSA) is 34.1 Å². The average molecular weight is 296 g/mol. The first-order valence-electron chi connectivity index (χ1n) is 7.92. The van der Waals surface area contributed by atoms with Gasteiger partial charge in [-0.15, -0.1) is 11.3 Å². The van der Waals surface area contributed by atoms with E-state index in [4.69, 9.17) is 9.72 Å². The van der Waals surface area contributed by atoms with Gasteiger partial charge < -0.3 is 10.1 Å². The van der Waals surface area contributed by atoms with Crippen LogP contribution in [0.15, 0.2) is 0 Å². The zero-order valence-electron chi connectivity index (χ0n) is 13.3. The Labute approximate surface area is 127 Å². The lowest BCUT2D eigenvalue weighted by atomic mass is 9.95. The normalized spacial score (nSPS) is 20.6. The van der Waals surface area contributed by atoms with Crippen molar-refractivity contribution in [3.05, 3.63) is 15.6 Å². The summed E-state index contributed by atoms with van der Waals surface area (Å²) >= 11 is 1.85. The summed E-state index contributed by atoms with van der Waals surface area (Å²) in [5.41, 5.74) is 1.04. The van der Waals surface area contributed by atoms with Crippen LogP contribution in [0.5, 0.6) is 0 Å². The second-order valence-electron chi connectivity index (χ2n) is 5.82. The standard InChI is InChI=1S/C16H28N2OS/c1-5-19-16(10-8-6-7-9-11-16)15-18-13(3)14(20-15)12(2)17-4/h12,17H,5-11H2,1-4H3. The number of ether oxygens (including phenoxy) is 1. The summed E-state index contributed by atoms with van der Waals surface area (Å²) in [6.07, 6.45) is 7.44. The molecule has 1 unspecified atom stereocenters. The van der Waals surface area contributed by atoms with Gasteiger partial charge in [0.2, 0.25) is 0 Å². The van der Waals surface area contributed by atoms with Crippen molar-refractivity contribution in [2.24, 2.45) is 0 Å². The van der Waals surface area contributed by atoms with Gasteiger partial charge in [0.1, 0.15) is 10.6 Å². The number of rotatable bonds is 5. The van der Waals surface area contributed by atoms with Gasteiger partial charge in [-0.3, -0.25) is 0 Å². The van der Waals surface area contributed by atoms with Crippen molar-refractivity contribution < 1.29 is 4.74 Å². The quantitative estimate of drug-likeness (QED) is 0.822. The summed E-state index contributed by atoms with van der Waals surface area (Å²) in [4.78, 5) is 6.24. The minimum absolute atomic E-state index is 0.119. The number of aryl methyl sites for hydroxylation is 1. The van der Waals surface area contributed by atoms with E-state index in [0.29, 0.717) is 6.04 Å². The lowest BCUT2D eigenvalue weighted by Crippen LogP contribution is -2.29. The predicted octanol–water partition coefficient (Wildman–Crippen LogP) is 4.32. The molecular weight excluding hydrogens is 268 g/mol. The van der Waals surface area contributed by atoms with Gasteiger partial charge in [-0.1, -0.05) is 25.7 Å². The van der Waals surface area contributed by atoms with Crippen LogP contribution < -0.4 is 5.32 Å². The van der Waals surface area contributed by atoms with Crippen molar-refractivity contribution in [1.29, 1.82) is 0 Å². The molecule has 1 aromatic rings. The minimum atomic E-state index is -0.119.